The molecular weight excluding hydrogens is 362 g/mol. The first-order chi connectivity index (χ1) is 14.3. The van der Waals surface area contributed by atoms with Crippen molar-refractivity contribution >= 4 is 12.2 Å². The molecule has 0 unspecified atom stereocenters. The number of methoxy groups -OCH3 is 1. The molecule has 0 aliphatic carbocycles. The quantitative estimate of drug-likeness (QED) is 0.442. The minimum Gasteiger partial charge on any atom is -0.496 e. The smallest absolute Gasteiger partial charge is 0.131 e. The van der Waals surface area contributed by atoms with Crippen LogP contribution in [0.1, 0.15) is 36.3 Å². The molecule has 150 valence electrons. The van der Waals surface area contributed by atoms with Gasteiger partial charge in [-0.25, -0.2) is 4.98 Å². The second-order valence-electron chi connectivity index (χ2n) is 6.65. The van der Waals surface area contributed by atoms with E-state index >= 15 is 0 Å². The number of rotatable bonds is 10. The molecule has 5 heteroatoms. The van der Waals surface area contributed by atoms with E-state index in [1.165, 1.54) is 0 Å². The molecule has 0 saturated carbocycles. The van der Waals surface area contributed by atoms with E-state index in [0.717, 1.165) is 47.8 Å². The summed E-state index contributed by atoms with van der Waals surface area (Å²) in [6, 6.07) is 11.7. The SMILES string of the molecule is COc1cc(OCc2ccccn2)ccc1/C=C/CCC/C=C/c1nccn1C. The van der Waals surface area contributed by atoms with Gasteiger partial charge in [-0.1, -0.05) is 24.3 Å². The number of unbranched alkanes of at least 4 members (excludes halogenated alkanes) is 2. The van der Waals surface area contributed by atoms with Gasteiger partial charge in [-0.15, -0.1) is 0 Å². The molecule has 0 saturated heterocycles. The van der Waals surface area contributed by atoms with Crippen LogP contribution in [0.5, 0.6) is 11.5 Å². The fourth-order valence-corrected chi connectivity index (χ4v) is 2.85. The average molecular weight is 389 g/mol. The Morgan fingerprint density at radius 1 is 1.00 bits per heavy atom. The van der Waals surface area contributed by atoms with E-state index in [-0.39, 0.29) is 0 Å². The van der Waals surface area contributed by atoms with Gasteiger partial charge in [0.25, 0.3) is 0 Å². The molecule has 0 aliphatic rings. The van der Waals surface area contributed by atoms with Gasteiger partial charge in [-0.3, -0.25) is 4.98 Å². The predicted octanol–water partition coefficient (Wildman–Crippen LogP) is 5.30. The first-order valence-electron chi connectivity index (χ1n) is 9.77. The second-order valence-corrected chi connectivity index (χ2v) is 6.65. The molecule has 0 atom stereocenters. The Hall–Kier alpha value is -3.34. The summed E-state index contributed by atoms with van der Waals surface area (Å²) in [7, 11) is 3.68. The number of imidazole rings is 1. The number of hydrogen-bond acceptors (Lipinski definition) is 4. The number of hydrogen-bond donors (Lipinski definition) is 0. The summed E-state index contributed by atoms with van der Waals surface area (Å²) < 4.78 is 13.3. The van der Waals surface area contributed by atoms with Crippen molar-refractivity contribution in [1.29, 1.82) is 0 Å². The number of aryl methyl sites for hydroxylation is 1. The molecule has 2 aromatic heterocycles. The number of nitrogens with zero attached hydrogens (tertiary/aromatic N) is 3. The van der Waals surface area contributed by atoms with Crippen LogP contribution in [0.2, 0.25) is 0 Å². The molecule has 2 heterocycles. The molecule has 29 heavy (non-hydrogen) atoms. The van der Waals surface area contributed by atoms with Gasteiger partial charge in [-0.2, -0.15) is 0 Å². The lowest BCUT2D eigenvalue weighted by molar-refractivity contribution is 0.299. The third kappa shape index (κ3) is 6.35. The van der Waals surface area contributed by atoms with Crippen LogP contribution in [-0.2, 0) is 13.7 Å². The first kappa shape index (κ1) is 20.4. The van der Waals surface area contributed by atoms with Gasteiger partial charge in [-0.05, 0) is 49.6 Å². The van der Waals surface area contributed by atoms with Crippen LogP contribution in [0, 0.1) is 0 Å². The Labute approximate surface area is 172 Å². The van der Waals surface area contributed by atoms with E-state index in [1.807, 2.05) is 60.4 Å². The molecule has 0 radical (unpaired) electrons. The molecule has 0 fully saturated rings. The third-order valence-corrected chi connectivity index (χ3v) is 4.48. The highest BCUT2D eigenvalue weighted by atomic mass is 16.5. The summed E-state index contributed by atoms with van der Waals surface area (Å²) >= 11 is 0. The van der Waals surface area contributed by atoms with Crippen molar-refractivity contribution in [2.45, 2.75) is 25.9 Å². The topological polar surface area (TPSA) is 49.2 Å². The fraction of sp³-hybridized carbons (Fsp3) is 0.250. The van der Waals surface area contributed by atoms with Crippen molar-refractivity contribution in [2.75, 3.05) is 7.11 Å². The Kier molecular flexibility index (Phi) is 7.63. The van der Waals surface area contributed by atoms with Crippen LogP contribution in [0.25, 0.3) is 12.2 Å². The van der Waals surface area contributed by atoms with Crippen molar-refractivity contribution in [2.24, 2.45) is 7.05 Å². The van der Waals surface area contributed by atoms with Gasteiger partial charge in [0.15, 0.2) is 0 Å². The summed E-state index contributed by atoms with van der Waals surface area (Å²) in [5.41, 5.74) is 1.94. The van der Waals surface area contributed by atoms with Crippen molar-refractivity contribution < 1.29 is 9.47 Å². The van der Waals surface area contributed by atoms with Gasteiger partial charge in [0, 0.05) is 37.3 Å². The lowest BCUT2D eigenvalue weighted by Gasteiger charge is -2.10. The Bertz CT molecular complexity index is 946. The normalized spacial score (nSPS) is 11.4. The second kappa shape index (κ2) is 10.9. The summed E-state index contributed by atoms with van der Waals surface area (Å²) in [4.78, 5) is 8.55. The number of benzene rings is 1. The largest absolute Gasteiger partial charge is 0.496 e. The lowest BCUT2D eigenvalue weighted by atomic mass is 10.1. The zero-order chi connectivity index (χ0) is 20.3. The van der Waals surface area contributed by atoms with Gasteiger partial charge < -0.3 is 14.0 Å². The van der Waals surface area contributed by atoms with Crippen LogP contribution in [0.3, 0.4) is 0 Å². The molecule has 0 bridgehead atoms. The van der Waals surface area contributed by atoms with Crippen molar-refractivity contribution in [1.82, 2.24) is 14.5 Å². The number of pyridine rings is 1. The van der Waals surface area contributed by atoms with Gasteiger partial charge in [0.2, 0.25) is 0 Å². The lowest BCUT2D eigenvalue weighted by Crippen LogP contribution is -1.98. The summed E-state index contributed by atoms with van der Waals surface area (Å²) in [5.74, 6) is 2.55. The minimum atomic E-state index is 0.435. The molecule has 3 aromatic rings. The van der Waals surface area contributed by atoms with Crippen LogP contribution < -0.4 is 9.47 Å². The van der Waals surface area contributed by atoms with Crippen molar-refractivity contribution in [3.05, 3.63) is 84.2 Å². The van der Waals surface area contributed by atoms with Crippen molar-refractivity contribution in [3.8, 4) is 11.5 Å². The maximum atomic E-state index is 5.82. The van der Waals surface area contributed by atoms with E-state index < -0.39 is 0 Å². The zero-order valence-corrected chi connectivity index (χ0v) is 17.0. The summed E-state index contributed by atoms with van der Waals surface area (Å²) in [6.45, 7) is 0.435. The highest BCUT2D eigenvalue weighted by Crippen LogP contribution is 2.26. The van der Waals surface area contributed by atoms with E-state index in [0.29, 0.717) is 6.61 Å². The number of allylic oxidation sites excluding steroid dienone is 2. The van der Waals surface area contributed by atoms with Crippen LogP contribution in [-0.4, -0.2) is 21.6 Å². The molecule has 0 aliphatic heterocycles. The number of ether oxygens (including phenoxy) is 2. The van der Waals surface area contributed by atoms with E-state index in [1.54, 1.807) is 13.3 Å². The molecule has 0 amide bonds. The highest BCUT2D eigenvalue weighted by molar-refractivity contribution is 5.59. The third-order valence-electron chi connectivity index (χ3n) is 4.48. The molecule has 1 aromatic carbocycles. The van der Waals surface area contributed by atoms with Crippen LogP contribution in [0.4, 0.5) is 0 Å². The fourth-order valence-electron chi connectivity index (χ4n) is 2.85. The number of aromatic nitrogens is 3. The van der Waals surface area contributed by atoms with Gasteiger partial charge in [0.1, 0.15) is 23.9 Å². The highest BCUT2D eigenvalue weighted by Gasteiger charge is 2.03. The Morgan fingerprint density at radius 3 is 2.59 bits per heavy atom. The van der Waals surface area contributed by atoms with Gasteiger partial charge >= 0.3 is 0 Å². The zero-order valence-electron chi connectivity index (χ0n) is 17.0. The Balaban J connectivity index is 1.47. The molecule has 0 N–H and O–H groups in total. The van der Waals surface area contributed by atoms with E-state index in [9.17, 15) is 0 Å². The predicted molar refractivity (Wildman–Crippen MR) is 117 cm³/mol. The maximum Gasteiger partial charge on any atom is 0.131 e. The van der Waals surface area contributed by atoms with E-state index in [2.05, 4.69) is 34.3 Å². The Morgan fingerprint density at radius 2 is 1.86 bits per heavy atom. The molecule has 3 rings (SSSR count). The van der Waals surface area contributed by atoms with Crippen molar-refractivity contribution in [3.63, 3.8) is 0 Å². The minimum absolute atomic E-state index is 0.435. The van der Waals surface area contributed by atoms with Gasteiger partial charge in [0.05, 0.1) is 12.8 Å². The molecule has 5 nitrogen and oxygen atoms in total. The van der Waals surface area contributed by atoms with Crippen LogP contribution in [0.15, 0.2) is 67.1 Å². The standard InChI is InChI=1S/C24H27N3O2/c1-27-17-16-26-24(27)12-7-5-3-4-6-10-20-13-14-22(18-23(20)28-2)29-19-21-11-8-9-15-25-21/h6-18H,3-5,19H2,1-2H3/b10-6+,12-7+. The molecular formula is C24H27N3O2. The molecule has 0 spiro atoms. The summed E-state index contributed by atoms with van der Waals surface area (Å²) in [6.07, 6.45) is 17.2. The summed E-state index contributed by atoms with van der Waals surface area (Å²) in [5, 5.41) is 0. The first-order valence-corrected chi connectivity index (χ1v) is 9.77. The van der Waals surface area contributed by atoms with Crippen LogP contribution >= 0.6 is 0 Å². The monoisotopic (exact) mass is 389 g/mol. The van der Waals surface area contributed by atoms with E-state index in [4.69, 9.17) is 9.47 Å². The maximum absolute atomic E-state index is 5.82. The average Bonchev–Trinajstić information content (AvgIpc) is 3.17.